The van der Waals surface area contributed by atoms with Crippen LogP contribution in [-0.4, -0.2) is 42.6 Å². The molecule has 25 heavy (non-hydrogen) atoms. The van der Waals surface area contributed by atoms with E-state index in [1.54, 1.807) is 0 Å². The third kappa shape index (κ3) is 3.29. The molecule has 1 saturated carbocycles. The minimum absolute atomic E-state index is 0.0440. The molecule has 0 radical (unpaired) electrons. The molecule has 0 bridgehead atoms. The fourth-order valence-electron chi connectivity index (χ4n) is 4.30. The normalized spacial score (nSPS) is 30.8. The Kier molecular flexibility index (Phi) is 4.26. The van der Waals surface area contributed by atoms with Gasteiger partial charge in [0.2, 0.25) is 5.91 Å². The number of carbonyl (C=O) groups excluding carboxylic acids is 1. The van der Waals surface area contributed by atoms with Gasteiger partial charge >= 0.3 is 0 Å². The second-order valence-electron chi connectivity index (χ2n) is 7.87. The van der Waals surface area contributed by atoms with Gasteiger partial charge < -0.3 is 10.1 Å². The van der Waals surface area contributed by atoms with Gasteiger partial charge in [0.25, 0.3) is 0 Å². The molecular weight excluding hydrogens is 314 g/mol. The Hall–Kier alpha value is -1.90. The molecule has 2 unspecified atom stereocenters. The predicted octanol–water partition coefficient (Wildman–Crippen LogP) is 2.09. The number of amides is 1. The molecule has 2 heterocycles. The third-order valence-electron chi connectivity index (χ3n) is 6.18. The van der Waals surface area contributed by atoms with Gasteiger partial charge in [-0.3, -0.25) is 9.69 Å². The minimum Gasteiger partial charge on any atom is -0.381 e. The van der Waals surface area contributed by atoms with Crippen LogP contribution in [0.3, 0.4) is 0 Å². The maximum atomic E-state index is 12.6. The van der Waals surface area contributed by atoms with Gasteiger partial charge in [-0.1, -0.05) is 30.3 Å². The van der Waals surface area contributed by atoms with Gasteiger partial charge in [0.15, 0.2) is 0 Å². The molecule has 2 aliphatic heterocycles. The Morgan fingerprint density at radius 3 is 2.68 bits per heavy atom. The molecule has 2 saturated heterocycles. The smallest absolute Gasteiger partial charge is 0.225 e. The van der Waals surface area contributed by atoms with Crippen LogP contribution in [-0.2, 0) is 16.1 Å². The number of hydrogen-bond donors (Lipinski definition) is 1. The second-order valence-corrected chi connectivity index (χ2v) is 7.87. The van der Waals surface area contributed by atoms with Gasteiger partial charge in [-0.2, -0.15) is 5.26 Å². The molecule has 1 aromatic rings. The number of likely N-dealkylation sites (tertiary alicyclic amines) is 1. The summed E-state index contributed by atoms with van der Waals surface area (Å²) in [6.07, 6.45) is 3.28. The fraction of sp³-hybridized carbons (Fsp3) is 0.600. The molecule has 3 aliphatic rings. The molecule has 0 aromatic heterocycles. The van der Waals surface area contributed by atoms with Crippen LogP contribution in [0, 0.1) is 22.7 Å². The highest BCUT2D eigenvalue weighted by molar-refractivity contribution is 5.83. The van der Waals surface area contributed by atoms with Crippen molar-refractivity contribution in [3.05, 3.63) is 35.9 Å². The lowest BCUT2D eigenvalue weighted by Crippen LogP contribution is -2.55. The summed E-state index contributed by atoms with van der Waals surface area (Å²) in [7, 11) is 0. The van der Waals surface area contributed by atoms with Crippen LogP contribution in [0.4, 0.5) is 0 Å². The Balaban J connectivity index is 1.32. The van der Waals surface area contributed by atoms with E-state index in [2.05, 4.69) is 40.6 Å². The van der Waals surface area contributed by atoms with Crippen molar-refractivity contribution in [3.63, 3.8) is 0 Å². The van der Waals surface area contributed by atoms with Crippen molar-refractivity contribution in [1.29, 1.82) is 5.26 Å². The van der Waals surface area contributed by atoms with Gasteiger partial charge in [-0.05, 0) is 31.2 Å². The first-order valence-electron chi connectivity index (χ1n) is 9.22. The summed E-state index contributed by atoms with van der Waals surface area (Å²) in [4.78, 5) is 15.0. The van der Waals surface area contributed by atoms with Gasteiger partial charge in [0, 0.05) is 37.6 Å². The van der Waals surface area contributed by atoms with E-state index >= 15 is 0 Å². The zero-order chi connectivity index (χ0) is 17.3. The first-order chi connectivity index (χ1) is 12.1. The summed E-state index contributed by atoms with van der Waals surface area (Å²) in [5.74, 6) is 0.103. The van der Waals surface area contributed by atoms with E-state index in [0.717, 1.165) is 39.1 Å². The van der Waals surface area contributed by atoms with Crippen molar-refractivity contribution >= 4 is 5.91 Å². The number of hydrogen-bond acceptors (Lipinski definition) is 4. The van der Waals surface area contributed by atoms with E-state index < -0.39 is 5.54 Å². The molecule has 3 fully saturated rings. The van der Waals surface area contributed by atoms with Crippen molar-refractivity contribution in [2.75, 3.05) is 26.3 Å². The molecule has 1 aliphatic carbocycles. The molecule has 1 amide bonds. The maximum absolute atomic E-state index is 12.6. The van der Waals surface area contributed by atoms with E-state index in [-0.39, 0.29) is 17.2 Å². The molecule has 4 rings (SSSR count). The van der Waals surface area contributed by atoms with Crippen LogP contribution < -0.4 is 5.32 Å². The first-order valence-corrected chi connectivity index (χ1v) is 9.22. The lowest BCUT2D eigenvalue weighted by atomic mass is 9.88. The summed E-state index contributed by atoms with van der Waals surface area (Å²) >= 11 is 0. The third-order valence-corrected chi connectivity index (χ3v) is 6.18. The summed E-state index contributed by atoms with van der Waals surface area (Å²) in [6, 6.07) is 12.8. The Labute approximate surface area is 149 Å². The SMILES string of the molecule is N#CC1(NC(=O)C2CC23CCOC3)CCN(Cc2ccccc2)CC1. The molecule has 1 N–H and O–H groups in total. The van der Waals surface area contributed by atoms with Crippen LogP contribution in [0.15, 0.2) is 30.3 Å². The van der Waals surface area contributed by atoms with E-state index in [1.165, 1.54) is 5.56 Å². The number of nitrogens with zero attached hydrogens (tertiary/aromatic N) is 2. The van der Waals surface area contributed by atoms with E-state index in [1.807, 2.05) is 6.07 Å². The maximum Gasteiger partial charge on any atom is 0.225 e. The minimum atomic E-state index is -0.701. The number of carbonyl (C=O) groups is 1. The fourth-order valence-corrected chi connectivity index (χ4v) is 4.30. The van der Waals surface area contributed by atoms with Crippen LogP contribution in [0.2, 0.25) is 0 Å². The molecule has 1 aromatic carbocycles. The second kappa shape index (κ2) is 6.44. The van der Waals surface area contributed by atoms with Crippen molar-refractivity contribution in [2.45, 2.75) is 37.8 Å². The lowest BCUT2D eigenvalue weighted by Gasteiger charge is -2.38. The number of nitrogens with one attached hydrogen (secondary N) is 1. The molecule has 2 atom stereocenters. The molecular formula is C20H25N3O2. The van der Waals surface area contributed by atoms with Gasteiger partial charge in [-0.15, -0.1) is 0 Å². The highest BCUT2D eigenvalue weighted by Gasteiger charge is 2.60. The average Bonchev–Trinajstić information content (AvgIpc) is 3.15. The molecule has 1 spiro atoms. The van der Waals surface area contributed by atoms with Crippen LogP contribution in [0.1, 0.15) is 31.2 Å². The van der Waals surface area contributed by atoms with Crippen LogP contribution in [0.25, 0.3) is 0 Å². The number of nitriles is 1. The zero-order valence-electron chi connectivity index (χ0n) is 14.5. The summed E-state index contributed by atoms with van der Waals surface area (Å²) < 4.78 is 5.46. The summed E-state index contributed by atoms with van der Waals surface area (Å²) in [5.41, 5.74) is 0.666. The van der Waals surface area contributed by atoms with Crippen molar-refractivity contribution in [2.24, 2.45) is 11.3 Å². The molecule has 5 nitrogen and oxygen atoms in total. The number of benzene rings is 1. The number of ether oxygens (including phenoxy) is 1. The van der Waals surface area contributed by atoms with Crippen molar-refractivity contribution < 1.29 is 9.53 Å². The predicted molar refractivity (Wildman–Crippen MR) is 93.4 cm³/mol. The summed E-state index contributed by atoms with van der Waals surface area (Å²) in [6.45, 7) is 4.04. The van der Waals surface area contributed by atoms with Gasteiger partial charge in [0.1, 0.15) is 5.54 Å². The van der Waals surface area contributed by atoms with Crippen LogP contribution in [0.5, 0.6) is 0 Å². The van der Waals surface area contributed by atoms with E-state index in [0.29, 0.717) is 19.4 Å². The number of rotatable bonds is 4. The standard InChI is InChI=1S/C20H25N3O2/c21-14-20(22-18(24)17-12-19(17)8-11-25-15-19)6-9-23(10-7-20)13-16-4-2-1-3-5-16/h1-5,17H,6-13,15H2,(H,22,24). The quantitative estimate of drug-likeness (QED) is 0.912. The number of piperidine rings is 1. The monoisotopic (exact) mass is 339 g/mol. The zero-order valence-corrected chi connectivity index (χ0v) is 14.5. The summed E-state index contributed by atoms with van der Waals surface area (Å²) in [5, 5.41) is 12.8. The Morgan fingerprint density at radius 2 is 2.04 bits per heavy atom. The van der Waals surface area contributed by atoms with E-state index in [4.69, 9.17) is 4.74 Å². The average molecular weight is 339 g/mol. The Bertz CT molecular complexity index is 668. The molecule has 132 valence electrons. The van der Waals surface area contributed by atoms with E-state index in [9.17, 15) is 10.1 Å². The van der Waals surface area contributed by atoms with Gasteiger partial charge in [-0.25, -0.2) is 0 Å². The largest absolute Gasteiger partial charge is 0.381 e. The lowest BCUT2D eigenvalue weighted by molar-refractivity contribution is -0.125. The Morgan fingerprint density at radius 1 is 1.28 bits per heavy atom. The van der Waals surface area contributed by atoms with Crippen LogP contribution >= 0.6 is 0 Å². The topological polar surface area (TPSA) is 65.4 Å². The molecule has 5 heteroatoms. The van der Waals surface area contributed by atoms with Crippen molar-refractivity contribution in [3.8, 4) is 6.07 Å². The highest BCUT2D eigenvalue weighted by atomic mass is 16.5. The van der Waals surface area contributed by atoms with Gasteiger partial charge in [0.05, 0.1) is 12.7 Å². The highest BCUT2D eigenvalue weighted by Crippen LogP contribution is 2.58. The first kappa shape index (κ1) is 16.6. The van der Waals surface area contributed by atoms with Crippen molar-refractivity contribution in [1.82, 2.24) is 10.2 Å².